The molecule has 0 saturated carbocycles. The SMILES string of the molecule is COC(=O)NC(C(=O)N1CCCC1c1ncc(-c2ccc(-c3cc4ccc3CCc3ccc(c(-c5cnc(C6CCCN6C(=O)C(NC(=O)OC)C(C)C)[nH]5)c3)CC4C)cc2)[nH]1)C(C)C. The molecule has 2 aliphatic heterocycles. The van der Waals surface area contributed by atoms with Crippen LogP contribution < -0.4 is 10.6 Å². The highest BCUT2D eigenvalue weighted by Gasteiger charge is 2.39. The summed E-state index contributed by atoms with van der Waals surface area (Å²) in [5.41, 5.74) is 11.4. The largest absolute Gasteiger partial charge is 0.453 e. The van der Waals surface area contributed by atoms with Gasteiger partial charge in [0, 0.05) is 18.7 Å². The zero-order chi connectivity index (χ0) is 45.9. The number of alkyl carbamates (subject to hydrolysis) is 2. The van der Waals surface area contributed by atoms with Gasteiger partial charge in [0.15, 0.2) is 0 Å². The fourth-order valence-electron chi connectivity index (χ4n) is 9.83. The van der Waals surface area contributed by atoms with E-state index in [4.69, 9.17) is 19.4 Å². The molecule has 342 valence electrons. The van der Waals surface area contributed by atoms with Gasteiger partial charge in [-0.3, -0.25) is 9.59 Å². The minimum atomic E-state index is -0.691. The van der Waals surface area contributed by atoms with Gasteiger partial charge in [-0.15, -0.1) is 0 Å². The van der Waals surface area contributed by atoms with Crippen molar-refractivity contribution in [1.29, 1.82) is 0 Å². The molecule has 4 heterocycles. The van der Waals surface area contributed by atoms with Gasteiger partial charge in [0.2, 0.25) is 11.8 Å². The van der Waals surface area contributed by atoms with Crippen molar-refractivity contribution >= 4 is 24.0 Å². The molecule has 5 atom stereocenters. The minimum absolute atomic E-state index is 0.106. The van der Waals surface area contributed by atoms with E-state index in [-0.39, 0.29) is 41.7 Å². The molecule has 2 fully saturated rings. The second-order valence-electron chi connectivity index (χ2n) is 18.5. The first-order chi connectivity index (χ1) is 31.3. The number of carbonyl (C=O) groups excluding carboxylic acids is 4. The van der Waals surface area contributed by atoms with E-state index in [1.54, 1.807) is 0 Å². The number of hydrogen-bond acceptors (Lipinski definition) is 8. The van der Waals surface area contributed by atoms with Crippen LogP contribution in [-0.2, 0) is 38.3 Å². The van der Waals surface area contributed by atoms with Gasteiger partial charge >= 0.3 is 12.2 Å². The van der Waals surface area contributed by atoms with E-state index in [1.807, 2.05) is 49.9 Å². The van der Waals surface area contributed by atoms with E-state index < -0.39 is 24.3 Å². The predicted octanol–water partition coefficient (Wildman–Crippen LogP) is 8.67. The van der Waals surface area contributed by atoms with Crippen molar-refractivity contribution in [3.05, 3.63) is 107 Å². The van der Waals surface area contributed by atoms with E-state index in [0.29, 0.717) is 13.1 Å². The Morgan fingerprint density at radius 2 is 1.20 bits per heavy atom. The number of carbonyl (C=O) groups is 4. The normalized spacial score (nSPS) is 19.2. The first kappa shape index (κ1) is 45.1. The van der Waals surface area contributed by atoms with Crippen molar-refractivity contribution in [3.8, 4) is 33.6 Å². The van der Waals surface area contributed by atoms with Gasteiger partial charge in [-0.05, 0) is 108 Å². The lowest BCUT2D eigenvalue weighted by atomic mass is 9.84. The number of ether oxygens (including phenoxy) is 2. The highest BCUT2D eigenvalue weighted by molar-refractivity contribution is 5.87. The molecule has 4 aliphatic carbocycles. The number of amides is 4. The Balaban J connectivity index is 0.987. The lowest BCUT2D eigenvalue weighted by Gasteiger charge is -2.30. The molecule has 4 amide bonds. The molecule has 11 rings (SSSR count). The number of aromatic nitrogens is 4. The smallest absolute Gasteiger partial charge is 0.407 e. The zero-order valence-corrected chi connectivity index (χ0v) is 38.6. The third kappa shape index (κ3) is 9.53. The Bertz CT molecular complexity index is 2530. The number of benzene rings is 3. The van der Waals surface area contributed by atoms with Gasteiger partial charge < -0.3 is 39.9 Å². The highest BCUT2D eigenvalue weighted by atomic mass is 16.5. The Hall–Kier alpha value is -6.44. The fraction of sp³-hybridized carbons (Fsp3) is 0.451. The topological polar surface area (TPSA) is 175 Å². The number of aryl methyl sites for hydroxylation is 2. The Kier molecular flexibility index (Phi) is 13.4. The monoisotopic (exact) mass is 882 g/mol. The first-order valence-corrected chi connectivity index (χ1v) is 23.1. The second kappa shape index (κ2) is 19.3. The van der Waals surface area contributed by atoms with E-state index in [9.17, 15) is 19.2 Å². The second-order valence-corrected chi connectivity index (χ2v) is 18.5. The molecule has 4 bridgehead atoms. The molecule has 0 spiro atoms. The summed E-state index contributed by atoms with van der Waals surface area (Å²) in [5, 5.41) is 5.46. The van der Waals surface area contributed by atoms with Crippen molar-refractivity contribution in [2.75, 3.05) is 27.3 Å². The summed E-state index contributed by atoms with van der Waals surface area (Å²) in [5.74, 6) is 1.25. The molecule has 3 aromatic carbocycles. The molecule has 2 saturated heterocycles. The third-order valence-electron chi connectivity index (χ3n) is 13.6. The summed E-state index contributed by atoms with van der Waals surface area (Å²) in [6.45, 7) is 11.2. The molecule has 4 N–H and O–H groups in total. The Morgan fingerprint density at radius 3 is 1.77 bits per heavy atom. The maximum Gasteiger partial charge on any atom is 0.407 e. The van der Waals surface area contributed by atoms with Crippen LogP contribution in [0.1, 0.15) is 112 Å². The summed E-state index contributed by atoms with van der Waals surface area (Å²) < 4.78 is 9.62. The number of nitrogens with zero attached hydrogens (tertiary/aromatic N) is 4. The fourth-order valence-corrected chi connectivity index (χ4v) is 9.83. The highest BCUT2D eigenvalue weighted by Crippen LogP contribution is 2.38. The summed E-state index contributed by atoms with van der Waals surface area (Å²) in [7, 11) is 2.60. The molecule has 6 aliphatic rings. The number of hydrogen-bond donors (Lipinski definition) is 4. The molecule has 14 nitrogen and oxygen atoms in total. The van der Waals surface area contributed by atoms with Crippen LogP contribution >= 0.6 is 0 Å². The molecule has 14 heteroatoms. The molecule has 2 aromatic heterocycles. The average molecular weight is 883 g/mol. The van der Waals surface area contributed by atoms with Crippen molar-refractivity contribution in [1.82, 2.24) is 40.4 Å². The lowest BCUT2D eigenvalue weighted by molar-refractivity contribution is -0.136. The van der Waals surface area contributed by atoms with Gasteiger partial charge in [-0.25, -0.2) is 19.6 Å². The molecular formula is C51H62N8O6. The van der Waals surface area contributed by atoms with E-state index in [0.717, 1.165) is 84.7 Å². The molecule has 5 aromatic rings. The van der Waals surface area contributed by atoms with Gasteiger partial charge in [0.05, 0.1) is 50.1 Å². The number of imidazole rings is 2. The average Bonchev–Trinajstić information content (AvgIpc) is 4.16. The van der Waals surface area contributed by atoms with Crippen LogP contribution in [0.2, 0.25) is 0 Å². The quantitative estimate of drug-likeness (QED) is 0.102. The van der Waals surface area contributed by atoms with Crippen molar-refractivity contribution in [3.63, 3.8) is 0 Å². The zero-order valence-electron chi connectivity index (χ0n) is 38.6. The van der Waals surface area contributed by atoms with Crippen LogP contribution in [0.25, 0.3) is 33.6 Å². The van der Waals surface area contributed by atoms with Crippen LogP contribution in [0, 0.1) is 11.8 Å². The summed E-state index contributed by atoms with van der Waals surface area (Å²) >= 11 is 0. The van der Waals surface area contributed by atoms with Gasteiger partial charge in [-0.2, -0.15) is 0 Å². The number of methoxy groups -OCH3 is 2. The summed E-state index contributed by atoms with van der Waals surface area (Å²) in [6.07, 6.45) is 8.35. The van der Waals surface area contributed by atoms with Crippen LogP contribution in [0.15, 0.2) is 73.1 Å². The van der Waals surface area contributed by atoms with E-state index in [2.05, 4.69) is 88.2 Å². The van der Waals surface area contributed by atoms with E-state index >= 15 is 0 Å². The van der Waals surface area contributed by atoms with Crippen molar-refractivity contribution < 1.29 is 28.7 Å². The van der Waals surface area contributed by atoms with Crippen LogP contribution in [0.5, 0.6) is 0 Å². The number of H-pyrrole nitrogens is 2. The Labute approximate surface area is 381 Å². The predicted molar refractivity (Wildman–Crippen MR) is 249 cm³/mol. The van der Waals surface area contributed by atoms with Crippen molar-refractivity contribution in [2.24, 2.45) is 11.8 Å². The minimum Gasteiger partial charge on any atom is -0.453 e. The molecule has 5 unspecified atom stereocenters. The Morgan fingerprint density at radius 1 is 0.662 bits per heavy atom. The van der Waals surface area contributed by atoms with Gasteiger partial charge in [0.1, 0.15) is 23.7 Å². The number of aromatic amines is 2. The van der Waals surface area contributed by atoms with Crippen LogP contribution in [-0.4, -0.2) is 93.1 Å². The number of rotatable bonds is 11. The number of likely N-dealkylation sites (tertiary alicyclic amines) is 2. The van der Waals surface area contributed by atoms with Crippen LogP contribution in [0.4, 0.5) is 9.59 Å². The maximum atomic E-state index is 13.8. The maximum absolute atomic E-state index is 13.8. The lowest BCUT2D eigenvalue weighted by Crippen LogP contribution is -2.51. The van der Waals surface area contributed by atoms with Crippen molar-refractivity contribution in [2.45, 2.75) is 110 Å². The number of nitrogens with one attached hydrogen (secondary N) is 4. The summed E-state index contributed by atoms with van der Waals surface area (Å²) in [4.78, 5) is 72.1. The third-order valence-corrected chi connectivity index (χ3v) is 13.6. The van der Waals surface area contributed by atoms with Crippen LogP contribution in [0.3, 0.4) is 0 Å². The first-order valence-electron chi connectivity index (χ1n) is 23.1. The molecule has 0 radical (unpaired) electrons. The molecular weight excluding hydrogens is 821 g/mol. The standard InChI is InChI=1S/C51H62N8O6/c1-29(2)44(56-50(62)64-6)48(60)58-22-8-10-42(58)46-52-27-40(54-46)35-19-16-34(17-20-35)38-26-36-21-18-33(38)14-12-32-13-15-37(24-31(36)5)39(25-32)41-28-53-47(55-41)43-11-9-23-59(43)49(61)45(30(3)4)57-51(63)65-7/h13,15-21,25-31,42-45H,8-12,14,22-24H2,1-7H3,(H,52,54)(H,53,55)(H,56,62)(H,57,63). The van der Waals surface area contributed by atoms with Gasteiger partial charge in [0.25, 0.3) is 0 Å². The van der Waals surface area contributed by atoms with E-state index in [1.165, 1.54) is 42.0 Å². The molecule has 65 heavy (non-hydrogen) atoms. The summed E-state index contributed by atoms with van der Waals surface area (Å²) in [6, 6.07) is 20.6. The van der Waals surface area contributed by atoms with Gasteiger partial charge in [-0.1, -0.05) is 89.2 Å².